The number of hydrogen-bond acceptors (Lipinski definition) is 3. The van der Waals surface area contributed by atoms with Crippen LogP contribution >= 0.6 is 34.2 Å². The van der Waals surface area contributed by atoms with Gasteiger partial charge in [0.25, 0.3) is 5.91 Å². The Kier molecular flexibility index (Phi) is 8.97. The van der Waals surface area contributed by atoms with E-state index >= 15 is 0 Å². The molecule has 0 aliphatic carbocycles. The summed E-state index contributed by atoms with van der Waals surface area (Å²) in [4.78, 5) is 27.6. The fourth-order valence-corrected chi connectivity index (χ4v) is 3.40. The van der Waals surface area contributed by atoms with Crippen molar-refractivity contribution in [2.45, 2.75) is 52.2 Å². The van der Waals surface area contributed by atoms with Gasteiger partial charge < -0.3 is 15.0 Å². The van der Waals surface area contributed by atoms with Gasteiger partial charge in [-0.15, -0.1) is 0 Å². The van der Waals surface area contributed by atoms with Crippen LogP contribution < -0.4 is 10.1 Å². The molecule has 1 N–H and O–H groups in total. The average molecular weight is 543 g/mol. The zero-order valence-corrected chi connectivity index (χ0v) is 20.7. The molecule has 0 heterocycles. The minimum atomic E-state index is -0.604. The quantitative estimate of drug-likeness (QED) is 0.475. The van der Waals surface area contributed by atoms with Crippen LogP contribution in [0.1, 0.15) is 39.7 Å². The van der Waals surface area contributed by atoms with E-state index in [0.29, 0.717) is 23.7 Å². The summed E-state index contributed by atoms with van der Waals surface area (Å²) in [6, 6.07) is 14.1. The van der Waals surface area contributed by atoms with Gasteiger partial charge in [0.1, 0.15) is 11.8 Å². The van der Waals surface area contributed by atoms with Crippen LogP contribution in [-0.4, -0.2) is 34.9 Å². The number of amides is 2. The lowest BCUT2D eigenvalue weighted by atomic mass is 10.1. The first-order valence-electron chi connectivity index (χ1n) is 9.83. The van der Waals surface area contributed by atoms with Crippen LogP contribution in [0.3, 0.4) is 0 Å². The molecule has 0 saturated carbocycles. The first-order valence-corrected chi connectivity index (χ1v) is 11.3. The smallest absolute Gasteiger partial charge is 0.261 e. The van der Waals surface area contributed by atoms with Crippen LogP contribution in [0.25, 0.3) is 0 Å². The van der Waals surface area contributed by atoms with Crippen molar-refractivity contribution in [1.82, 2.24) is 10.2 Å². The first-order chi connectivity index (χ1) is 14.1. The summed E-state index contributed by atoms with van der Waals surface area (Å²) < 4.78 is 6.77. The summed E-state index contributed by atoms with van der Waals surface area (Å²) in [6.07, 6.45) is 0.491. The molecule has 2 aromatic carbocycles. The Hall–Kier alpha value is -1.80. The van der Waals surface area contributed by atoms with Crippen LogP contribution in [0.2, 0.25) is 5.02 Å². The molecule has 7 heteroatoms. The molecule has 0 saturated heterocycles. The Balaban J connectivity index is 2.21. The monoisotopic (exact) mass is 542 g/mol. The van der Waals surface area contributed by atoms with E-state index in [2.05, 4.69) is 27.9 Å². The molecule has 0 aliphatic heterocycles. The van der Waals surface area contributed by atoms with E-state index in [-0.39, 0.29) is 18.4 Å². The molecule has 2 aromatic rings. The van der Waals surface area contributed by atoms with Crippen molar-refractivity contribution in [2.75, 3.05) is 6.61 Å². The predicted molar refractivity (Wildman–Crippen MR) is 129 cm³/mol. The fourth-order valence-electron chi connectivity index (χ4n) is 2.92. The zero-order valence-electron chi connectivity index (χ0n) is 17.7. The van der Waals surface area contributed by atoms with Gasteiger partial charge in [-0.2, -0.15) is 0 Å². The van der Waals surface area contributed by atoms with Gasteiger partial charge in [0.2, 0.25) is 5.91 Å². The number of hydrogen-bond donors (Lipinski definition) is 1. The highest BCUT2D eigenvalue weighted by Gasteiger charge is 2.30. The van der Waals surface area contributed by atoms with Crippen molar-refractivity contribution in [3.63, 3.8) is 0 Å². The lowest BCUT2D eigenvalue weighted by molar-refractivity contribution is -0.143. The largest absolute Gasteiger partial charge is 0.484 e. The Labute approximate surface area is 197 Å². The van der Waals surface area contributed by atoms with Crippen LogP contribution in [0.5, 0.6) is 5.75 Å². The fraction of sp³-hybridized carbons (Fsp3) is 0.391. The van der Waals surface area contributed by atoms with Crippen molar-refractivity contribution in [2.24, 2.45) is 0 Å². The molecule has 0 aliphatic rings. The molecule has 162 valence electrons. The van der Waals surface area contributed by atoms with E-state index in [1.807, 2.05) is 64.1 Å². The molecular formula is C23H28ClIN2O3. The summed E-state index contributed by atoms with van der Waals surface area (Å²) in [6.45, 7) is 7.80. The van der Waals surface area contributed by atoms with Crippen molar-refractivity contribution in [3.8, 4) is 5.75 Å². The van der Waals surface area contributed by atoms with Crippen molar-refractivity contribution in [3.05, 3.63) is 62.7 Å². The highest BCUT2D eigenvalue weighted by Crippen LogP contribution is 2.18. The number of nitrogens with zero attached hydrogens (tertiary/aromatic N) is 1. The summed E-state index contributed by atoms with van der Waals surface area (Å²) >= 11 is 8.20. The molecule has 2 rings (SSSR count). The molecule has 2 amide bonds. The summed E-state index contributed by atoms with van der Waals surface area (Å²) in [5.74, 6) is 0.184. The molecule has 0 aromatic heterocycles. The maximum absolute atomic E-state index is 13.1. The topological polar surface area (TPSA) is 58.6 Å². The highest BCUT2D eigenvalue weighted by molar-refractivity contribution is 14.1. The van der Waals surface area contributed by atoms with E-state index in [4.69, 9.17) is 16.3 Å². The maximum atomic E-state index is 13.1. The number of halogens is 2. The Morgan fingerprint density at radius 2 is 1.70 bits per heavy atom. The second-order valence-electron chi connectivity index (χ2n) is 8.05. The Bertz CT molecular complexity index is 848. The Morgan fingerprint density at radius 3 is 2.23 bits per heavy atom. The third-order valence-electron chi connectivity index (χ3n) is 4.33. The third-order valence-corrected chi connectivity index (χ3v) is 5.30. The van der Waals surface area contributed by atoms with E-state index in [1.54, 1.807) is 17.0 Å². The second kappa shape index (κ2) is 11.0. The van der Waals surface area contributed by atoms with Crippen molar-refractivity contribution in [1.29, 1.82) is 0 Å². The van der Waals surface area contributed by atoms with Gasteiger partial charge in [0.05, 0.1) is 0 Å². The second-order valence-corrected chi connectivity index (χ2v) is 9.74. The number of ether oxygens (including phenoxy) is 1. The van der Waals surface area contributed by atoms with Crippen LogP contribution in [0, 0.1) is 3.57 Å². The van der Waals surface area contributed by atoms with Crippen LogP contribution in [-0.2, 0) is 16.1 Å². The molecular weight excluding hydrogens is 515 g/mol. The number of nitrogens with one attached hydrogen (secondary N) is 1. The SMILES string of the molecule is CC[C@@H](C(=O)NC(C)(C)C)N(Cc1ccc(Cl)cc1)C(=O)COc1ccc(I)cc1. The van der Waals surface area contributed by atoms with E-state index in [9.17, 15) is 9.59 Å². The molecule has 30 heavy (non-hydrogen) atoms. The molecule has 0 fully saturated rings. The number of carbonyl (C=O) groups excluding carboxylic acids is 2. The van der Waals surface area contributed by atoms with Gasteiger partial charge in [-0.05, 0) is 91.7 Å². The Morgan fingerprint density at radius 1 is 1.10 bits per heavy atom. The van der Waals surface area contributed by atoms with Gasteiger partial charge >= 0.3 is 0 Å². The van der Waals surface area contributed by atoms with Crippen molar-refractivity contribution >= 4 is 46.0 Å². The van der Waals surface area contributed by atoms with E-state index in [0.717, 1.165) is 9.13 Å². The van der Waals surface area contributed by atoms with Crippen molar-refractivity contribution < 1.29 is 14.3 Å². The minimum Gasteiger partial charge on any atom is -0.484 e. The van der Waals surface area contributed by atoms with Gasteiger partial charge in [0, 0.05) is 20.7 Å². The molecule has 5 nitrogen and oxygen atoms in total. The number of rotatable bonds is 8. The van der Waals surface area contributed by atoms with Gasteiger partial charge in [-0.1, -0.05) is 30.7 Å². The molecule has 0 spiro atoms. The third kappa shape index (κ3) is 7.80. The van der Waals surface area contributed by atoms with Crippen LogP contribution in [0.15, 0.2) is 48.5 Å². The molecule has 0 unspecified atom stereocenters. The standard InChI is InChI=1S/C23H28ClIN2O3/c1-5-20(22(29)26-23(2,3)4)27(14-16-6-8-17(24)9-7-16)21(28)15-30-19-12-10-18(25)11-13-19/h6-13,20H,5,14-15H2,1-4H3,(H,26,29)/t20-/m0/s1. The maximum Gasteiger partial charge on any atom is 0.261 e. The van der Waals surface area contributed by atoms with Gasteiger partial charge in [-0.3, -0.25) is 9.59 Å². The first kappa shape index (κ1) is 24.5. The number of benzene rings is 2. The zero-order chi connectivity index (χ0) is 22.3. The lowest BCUT2D eigenvalue weighted by Gasteiger charge is -2.33. The normalized spacial score (nSPS) is 12.2. The summed E-state index contributed by atoms with van der Waals surface area (Å²) in [7, 11) is 0. The molecule has 0 radical (unpaired) electrons. The average Bonchev–Trinajstić information content (AvgIpc) is 2.67. The lowest BCUT2D eigenvalue weighted by Crippen LogP contribution is -2.54. The molecule has 1 atom stereocenters. The van der Waals surface area contributed by atoms with E-state index in [1.165, 1.54) is 0 Å². The van der Waals surface area contributed by atoms with Gasteiger partial charge in [-0.25, -0.2) is 0 Å². The number of carbonyl (C=O) groups is 2. The summed E-state index contributed by atoms with van der Waals surface area (Å²) in [5, 5.41) is 3.61. The van der Waals surface area contributed by atoms with E-state index < -0.39 is 11.6 Å². The molecule has 0 bridgehead atoms. The highest BCUT2D eigenvalue weighted by atomic mass is 127. The van der Waals surface area contributed by atoms with Crippen LogP contribution in [0.4, 0.5) is 0 Å². The predicted octanol–water partition coefficient (Wildman–Crippen LogP) is 5.05. The minimum absolute atomic E-state index is 0.145. The summed E-state index contributed by atoms with van der Waals surface area (Å²) in [5.41, 5.74) is 0.501. The van der Waals surface area contributed by atoms with Gasteiger partial charge in [0.15, 0.2) is 6.61 Å².